The van der Waals surface area contributed by atoms with E-state index in [4.69, 9.17) is 10.8 Å². The molecule has 0 heterocycles. The summed E-state index contributed by atoms with van der Waals surface area (Å²) < 4.78 is 0. The van der Waals surface area contributed by atoms with Gasteiger partial charge in [-0.25, -0.2) is 4.79 Å². The van der Waals surface area contributed by atoms with Gasteiger partial charge < -0.3 is 16.2 Å². The van der Waals surface area contributed by atoms with Crippen molar-refractivity contribution < 1.29 is 9.90 Å². The third kappa shape index (κ3) is 3.79. The summed E-state index contributed by atoms with van der Waals surface area (Å²) in [6.07, 6.45) is 8.62. The number of aliphatic hydroxyl groups is 1. The van der Waals surface area contributed by atoms with Gasteiger partial charge in [0.15, 0.2) is 0 Å². The van der Waals surface area contributed by atoms with E-state index in [1.54, 1.807) is 0 Å². The summed E-state index contributed by atoms with van der Waals surface area (Å²) in [6.45, 7) is 11.5. The fraction of sp³-hybridized carbons (Fsp3) is 0.850. The predicted octanol–water partition coefficient (Wildman–Crippen LogP) is 3.98. The first-order valence-electron chi connectivity index (χ1n) is 9.59. The summed E-state index contributed by atoms with van der Waals surface area (Å²) in [5.41, 5.74) is 6.84. The van der Waals surface area contributed by atoms with Crippen LogP contribution in [-0.4, -0.2) is 23.3 Å². The zero-order valence-corrected chi connectivity index (χ0v) is 15.7. The minimum absolute atomic E-state index is 0.184. The minimum atomic E-state index is -0.403. The van der Waals surface area contributed by atoms with Crippen LogP contribution in [-0.2, 0) is 0 Å². The first-order chi connectivity index (χ1) is 11.2. The Morgan fingerprint density at radius 1 is 1.42 bits per heavy atom. The number of nitrogens with two attached hydrogens (primary N) is 1. The van der Waals surface area contributed by atoms with Gasteiger partial charge in [-0.1, -0.05) is 38.8 Å². The molecule has 0 saturated heterocycles. The molecule has 0 radical (unpaired) electrons. The molecule has 4 N–H and O–H groups in total. The number of amides is 2. The number of primary amides is 1. The van der Waals surface area contributed by atoms with E-state index in [9.17, 15) is 4.79 Å². The van der Waals surface area contributed by atoms with Crippen LogP contribution >= 0.6 is 0 Å². The maximum absolute atomic E-state index is 11.6. The third-order valence-corrected chi connectivity index (χ3v) is 7.00. The first-order valence-corrected chi connectivity index (χ1v) is 9.59. The Bertz CT molecular complexity index is 478. The van der Waals surface area contributed by atoms with Gasteiger partial charge >= 0.3 is 6.03 Å². The summed E-state index contributed by atoms with van der Waals surface area (Å²) in [4.78, 5) is 11.6. The van der Waals surface area contributed by atoms with Crippen LogP contribution in [0.15, 0.2) is 12.2 Å². The van der Waals surface area contributed by atoms with Crippen molar-refractivity contribution in [3.63, 3.8) is 0 Å². The van der Waals surface area contributed by atoms with Crippen LogP contribution in [0.4, 0.5) is 4.79 Å². The van der Waals surface area contributed by atoms with Gasteiger partial charge in [0.1, 0.15) is 0 Å². The molecule has 0 aromatic heterocycles. The Labute approximate surface area is 147 Å². The quantitative estimate of drug-likeness (QED) is 0.642. The zero-order chi connectivity index (χ0) is 18.0. The van der Waals surface area contributed by atoms with Crippen molar-refractivity contribution in [2.75, 3.05) is 6.61 Å². The Morgan fingerprint density at radius 3 is 2.75 bits per heavy atom. The zero-order valence-electron chi connectivity index (χ0n) is 15.7. The Kier molecular flexibility index (Phi) is 6.00. The van der Waals surface area contributed by atoms with Crippen molar-refractivity contribution in [1.82, 2.24) is 5.32 Å². The van der Waals surface area contributed by atoms with Gasteiger partial charge in [-0.05, 0) is 68.6 Å². The van der Waals surface area contributed by atoms with Gasteiger partial charge in [0.05, 0.1) is 0 Å². The highest BCUT2D eigenvalue weighted by Crippen LogP contribution is 2.59. The van der Waals surface area contributed by atoms with Gasteiger partial charge in [-0.15, -0.1) is 0 Å². The highest BCUT2D eigenvalue weighted by molar-refractivity contribution is 5.72. The van der Waals surface area contributed by atoms with E-state index < -0.39 is 6.03 Å². The molecule has 24 heavy (non-hydrogen) atoms. The van der Waals surface area contributed by atoms with Crippen molar-refractivity contribution in [3.8, 4) is 0 Å². The van der Waals surface area contributed by atoms with E-state index in [2.05, 4.69) is 32.7 Å². The summed E-state index contributed by atoms with van der Waals surface area (Å²) in [5, 5.41) is 12.2. The number of aliphatic hydroxyl groups excluding tert-OH is 1. The summed E-state index contributed by atoms with van der Waals surface area (Å²) >= 11 is 0. The maximum Gasteiger partial charge on any atom is 0.312 e. The highest BCUT2D eigenvalue weighted by atomic mass is 16.3. The molecule has 0 unspecified atom stereocenters. The normalized spacial score (nSPS) is 37.6. The second-order valence-electron chi connectivity index (χ2n) is 8.76. The van der Waals surface area contributed by atoms with Gasteiger partial charge in [-0.3, -0.25) is 0 Å². The summed E-state index contributed by atoms with van der Waals surface area (Å²) in [7, 11) is 0. The number of nitrogens with one attached hydrogen (secondary N) is 1. The van der Waals surface area contributed by atoms with Crippen LogP contribution in [0.25, 0.3) is 0 Å². The van der Waals surface area contributed by atoms with Crippen molar-refractivity contribution in [1.29, 1.82) is 0 Å². The first kappa shape index (κ1) is 19.3. The van der Waals surface area contributed by atoms with Crippen LogP contribution in [0.2, 0.25) is 0 Å². The third-order valence-electron chi connectivity index (χ3n) is 7.00. The Morgan fingerprint density at radius 2 is 2.12 bits per heavy atom. The number of rotatable bonds is 6. The highest BCUT2D eigenvalue weighted by Gasteiger charge is 2.54. The molecule has 5 atom stereocenters. The van der Waals surface area contributed by atoms with Crippen molar-refractivity contribution in [3.05, 3.63) is 12.2 Å². The molecule has 0 aromatic carbocycles. The molecular weight excluding hydrogens is 300 g/mol. The number of urea groups is 1. The van der Waals surface area contributed by atoms with Gasteiger partial charge in [-0.2, -0.15) is 0 Å². The molecule has 4 nitrogen and oxygen atoms in total. The molecule has 2 aliphatic carbocycles. The second kappa shape index (κ2) is 7.47. The lowest BCUT2D eigenvalue weighted by molar-refractivity contribution is -0.0324. The molecule has 2 rings (SSSR count). The molecule has 2 fully saturated rings. The van der Waals surface area contributed by atoms with Gasteiger partial charge in [0.25, 0.3) is 0 Å². The van der Waals surface area contributed by atoms with E-state index in [0.717, 1.165) is 44.9 Å². The largest absolute Gasteiger partial charge is 0.396 e. The molecule has 0 bridgehead atoms. The SMILES string of the molecule is C=C1CC[C@@H]2[C@](C)(CCC[C@]2(C)NC(N)=O)[C@H]1CC[C@H](C)CCO. The average Bonchev–Trinajstić information content (AvgIpc) is 2.45. The molecule has 0 spiro atoms. The van der Waals surface area contributed by atoms with Crippen molar-refractivity contribution in [2.24, 2.45) is 28.9 Å². The molecule has 2 amide bonds. The average molecular weight is 337 g/mol. The van der Waals surface area contributed by atoms with Gasteiger partial charge in [0, 0.05) is 12.1 Å². The van der Waals surface area contributed by atoms with E-state index >= 15 is 0 Å². The topological polar surface area (TPSA) is 75.3 Å². The molecule has 0 aliphatic heterocycles. The Hall–Kier alpha value is -1.03. The van der Waals surface area contributed by atoms with Gasteiger partial charge in [0.2, 0.25) is 0 Å². The number of hydrogen-bond acceptors (Lipinski definition) is 2. The standard InChI is InChI=1S/C20H36N2O2/c1-14(10-13-23)6-8-16-15(2)7-9-17-19(16,3)11-5-12-20(17,4)22-18(21)24/h14,16-17,23H,2,5-13H2,1,3-4H3,(H3,21,22,24)/t14-,16-,17+,19+,20-/m0/s1. The van der Waals surface area contributed by atoms with Crippen LogP contribution in [0, 0.1) is 23.2 Å². The summed E-state index contributed by atoms with van der Waals surface area (Å²) in [6, 6.07) is -0.403. The van der Waals surface area contributed by atoms with Crippen LogP contribution in [0.5, 0.6) is 0 Å². The molecule has 2 saturated carbocycles. The van der Waals surface area contributed by atoms with E-state index in [-0.39, 0.29) is 17.6 Å². The molecule has 2 aliphatic rings. The number of carbonyl (C=O) groups is 1. The fourth-order valence-corrected chi connectivity index (χ4v) is 5.73. The fourth-order valence-electron chi connectivity index (χ4n) is 5.73. The number of allylic oxidation sites excluding steroid dienone is 1. The van der Waals surface area contributed by atoms with E-state index in [1.165, 1.54) is 12.0 Å². The number of hydrogen-bond donors (Lipinski definition) is 3. The van der Waals surface area contributed by atoms with Crippen LogP contribution < -0.4 is 11.1 Å². The lowest BCUT2D eigenvalue weighted by Crippen LogP contribution is -2.62. The van der Waals surface area contributed by atoms with Crippen LogP contribution in [0.1, 0.15) is 72.1 Å². The Balaban J connectivity index is 2.19. The number of fused-ring (bicyclic) bond motifs is 1. The molecule has 0 aromatic rings. The molecular formula is C20H36N2O2. The molecule has 138 valence electrons. The second-order valence-corrected chi connectivity index (χ2v) is 8.76. The lowest BCUT2D eigenvalue weighted by Gasteiger charge is -2.58. The number of carbonyl (C=O) groups excluding carboxylic acids is 1. The monoisotopic (exact) mass is 336 g/mol. The lowest BCUT2D eigenvalue weighted by atomic mass is 9.49. The maximum atomic E-state index is 11.6. The van der Waals surface area contributed by atoms with E-state index in [0.29, 0.717) is 17.8 Å². The van der Waals surface area contributed by atoms with Crippen molar-refractivity contribution >= 4 is 6.03 Å². The minimum Gasteiger partial charge on any atom is -0.396 e. The molecule has 4 heteroatoms. The van der Waals surface area contributed by atoms with E-state index in [1.807, 2.05) is 0 Å². The smallest absolute Gasteiger partial charge is 0.312 e. The predicted molar refractivity (Wildman–Crippen MR) is 98.5 cm³/mol. The summed E-state index contributed by atoms with van der Waals surface area (Å²) in [5.74, 6) is 1.51. The van der Waals surface area contributed by atoms with Crippen LogP contribution in [0.3, 0.4) is 0 Å². The van der Waals surface area contributed by atoms with Crippen molar-refractivity contribution in [2.45, 2.75) is 77.7 Å².